The van der Waals surface area contributed by atoms with Gasteiger partial charge in [0.25, 0.3) is 5.56 Å². The Balaban J connectivity index is 1.85. The Morgan fingerprint density at radius 3 is 2.06 bits per heavy atom. The lowest BCUT2D eigenvalue weighted by molar-refractivity contribution is 0.324. The molecule has 0 aliphatic heterocycles. The molecule has 0 saturated carbocycles. The lowest BCUT2D eigenvalue weighted by Gasteiger charge is -2.18. The molecule has 0 aliphatic rings. The maximum absolute atomic E-state index is 13.5. The second kappa shape index (κ2) is 10.3. The summed E-state index contributed by atoms with van der Waals surface area (Å²) in [5, 5.41) is 0.489. The van der Waals surface area contributed by atoms with Gasteiger partial charge in [-0.1, -0.05) is 18.2 Å². The van der Waals surface area contributed by atoms with Crippen molar-refractivity contribution in [2.24, 2.45) is 0 Å². The van der Waals surface area contributed by atoms with E-state index in [9.17, 15) is 4.79 Å². The van der Waals surface area contributed by atoms with Gasteiger partial charge in [-0.05, 0) is 42.0 Å². The van der Waals surface area contributed by atoms with Crippen LogP contribution >= 0.6 is 0 Å². The predicted molar refractivity (Wildman–Crippen MR) is 134 cm³/mol. The minimum Gasteiger partial charge on any atom is -0.493 e. The first-order valence-electron chi connectivity index (χ1n) is 10.8. The molecular weight excluding hydrogens is 450 g/mol. The fourth-order valence-corrected chi connectivity index (χ4v) is 3.84. The van der Waals surface area contributed by atoms with Crippen LogP contribution in [0.4, 0.5) is 0 Å². The Bertz CT molecular complexity index is 1390. The average molecular weight is 478 g/mol. The molecule has 0 atom stereocenters. The van der Waals surface area contributed by atoms with Gasteiger partial charge in [0.1, 0.15) is 0 Å². The summed E-state index contributed by atoms with van der Waals surface area (Å²) in [6, 6.07) is 16.3. The van der Waals surface area contributed by atoms with Gasteiger partial charge in [0.05, 0.1) is 53.0 Å². The smallest absolute Gasteiger partial charge is 0.280 e. The van der Waals surface area contributed by atoms with Crippen LogP contribution in [0, 0.1) is 0 Å². The molecule has 0 spiro atoms. The molecule has 4 rings (SSSR count). The topological polar surface area (TPSA) is 93.1 Å². The monoisotopic (exact) mass is 477 g/mol. The van der Waals surface area contributed by atoms with Crippen LogP contribution in [-0.2, 0) is 6.54 Å². The normalized spacial score (nSPS) is 10.7. The van der Waals surface area contributed by atoms with Crippen molar-refractivity contribution in [3.63, 3.8) is 0 Å². The molecule has 0 bridgehead atoms. The van der Waals surface area contributed by atoms with Gasteiger partial charge in [-0.15, -0.1) is 0 Å². The van der Waals surface area contributed by atoms with Crippen LogP contribution in [0.2, 0.25) is 0 Å². The number of hydrogen-bond donors (Lipinski definition) is 1. The maximum Gasteiger partial charge on any atom is 0.280 e. The molecule has 0 saturated heterocycles. The standard InChI is InChI=1S/C26H27N3O6/c1-31-20-11-10-16(12-21(20)32-2)15-27-29-25(28-19-9-7-6-8-18(19)26(29)30)17-13-22(33-3)24(35-5)23(14-17)34-4/h6-14,27H,15H2,1-5H3. The molecule has 35 heavy (non-hydrogen) atoms. The first-order valence-corrected chi connectivity index (χ1v) is 10.8. The average Bonchev–Trinajstić information content (AvgIpc) is 2.91. The van der Waals surface area contributed by atoms with Crippen LogP contribution in [0.5, 0.6) is 28.7 Å². The second-order valence-corrected chi connectivity index (χ2v) is 7.53. The minimum atomic E-state index is -0.236. The second-order valence-electron chi connectivity index (χ2n) is 7.53. The summed E-state index contributed by atoms with van der Waals surface area (Å²) in [5.41, 5.74) is 5.05. The van der Waals surface area contributed by atoms with E-state index in [-0.39, 0.29) is 5.56 Å². The summed E-state index contributed by atoms with van der Waals surface area (Å²) in [6.07, 6.45) is 0. The van der Waals surface area contributed by atoms with Crippen molar-refractivity contribution >= 4 is 10.9 Å². The molecule has 0 fully saturated rings. The zero-order valence-corrected chi connectivity index (χ0v) is 20.2. The molecule has 4 aromatic rings. The third-order valence-electron chi connectivity index (χ3n) is 5.59. The number of hydrogen-bond acceptors (Lipinski definition) is 8. The molecule has 0 aliphatic carbocycles. The van der Waals surface area contributed by atoms with Crippen molar-refractivity contribution in [2.45, 2.75) is 6.54 Å². The molecule has 9 heteroatoms. The van der Waals surface area contributed by atoms with Crippen molar-refractivity contribution in [2.75, 3.05) is 41.0 Å². The number of nitrogens with zero attached hydrogens (tertiary/aromatic N) is 2. The summed E-state index contributed by atoms with van der Waals surface area (Å²) in [6.45, 7) is 0.331. The van der Waals surface area contributed by atoms with E-state index in [2.05, 4.69) is 5.43 Å². The number of ether oxygens (including phenoxy) is 5. The zero-order chi connectivity index (χ0) is 24.9. The van der Waals surface area contributed by atoms with Gasteiger partial charge in [0, 0.05) is 5.56 Å². The van der Waals surface area contributed by atoms with E-state index in [1.807, 2.05) is 30.3 Å². The SMILES string of the molecule is COc1ccc(CNn2c(-c3cc(OC)c(OC)c(OC)c3)nc3ccccc3c2=O)cc1OC. The molecule has 1 heterocycles. The molecular formula is C26H27N3O6. The van der Waals surface area contributed by atoms with Gasteiger partial charge in [-0.3, -0.25) is 4.79 Å². The highest BCUT2D eigenvalue weighted by molar-refractivity contribution is 5.80. The lowest BCUT2D eigenvalue weighted by Crippen LogP contribution is -2.31. The van der Waals surface area contributed by atoms with Gasteiger partial charge < -0.3 is 29.1 Å². The van der Waals surface area contributed by atoms with Crippen LogP contribution in [0.3, 0.4) is 0 Å². The van der Waals surface area contributed by atoms with Gasteiger partial charge in [0.15, 0.2) is 28.8 Å². The van der Waals surface area contributed by atoms with Gasteiger partial charge >= 0.3 is 0 Å². The fourth-order valence-electron chi connectivity index (χ4n) is 3.84. The van der Waals surface area contributed by atoms with Crippen LogP contribution < -0.4 is 34.7 Å². The molecule has 0 unspecified atom stereocenters. The Morgan fingerprint density at radius 2 is 1.43 bits per heavy atom. The molecule has 0 radical (unpaired) electrons. The predicted octanol–water partition coefficient (Wildman–Crippen LogP) is 3.85. The van der Waals surface area contributed by atoms with Crippen molar-refractivity contribution in [3.8, 4) is 40.1 Å². The van der Waals surface area contributed by atoms with E-state index in [1.54, 1.807) is 38.5 Å². The third-order valence-corrected chi connectivity index (χ3v) is 5.59. The number of benzene rings is 3. The van der Waals surface area contributed by atoms with E-state index in [1.165, 1.54) is 26.0 Å². The van der Waals surface area contributed by atoms with Gasteiger partial charge in [0.2, 0.25) is 5.75 Å². The number of methoxy groups -OCH3 is 5. The first-order chi connectivity index (χ1) is 17.0. The highest BCUT2D eigenvalue weighted by atomic mass is 16.5. The first kappa shape index (κ1) is 23.7. The third kappa shape index (κ3) is 4.52. The highest BCUT2D eigenvalue weighted by Gasteiger charge is 2.19. The quantitative estimate of drug-likeness (QED) is 0.389. The fraction of sp³-hybridized carbons (Fsp3) is 0.231. The van der Waals surface area contributed by atoms with E-state index in [0.29, 0.717) is 57.6 Å². The number of rotatable bonds is 9. The summed E-state index contributed by atoms with van der Waals surface area (Å²) in [5.74, 6) is 2.98. The number of para-hydroxylation sites is 1. The van der Waals surface area contributed by atoms with Gasteiger partial charge in [-0.2, -0.15) is 0 Å². The van der Waals surface area contributed by atoms with Crippen LogP contribution in [-0.4, -0.2) is 45.2 Å². The summed E-state index contributed by atoms with van der Waals surface area (Å²) in [4.78, 5) is 18.3. The maximum atomic E-state index is 13.5. The zero-order valence-electron chi connectivity index (χ0n) is 20.2. The van der Waals surface area contributed by atoms with Crippen molar-refractivity contribution in [1.29, 1.82) is 0 Å². The van der Waals surface area contributed by atoms with Gasteiger partial charge in [-0.25, -0.2) is 9.66 Å². The van der Waals surface area contributed by atoms with E-state index >= 15 is 0 Å². The van der Waals surface area contributed by atoms with E-state index in [0.717, 1.165) is 5.56 Å². The number of aromatic nitrogens is 2. The Hall–Kier alpha value is -4.40. The van der Waals surface area contributed by atoms with Crippen LogP contribution in [0.25, 0.3) is 22.3 Å². The lowest BCUT2D eigenvalue weighted by atomic mass is 10.1. The molecule has 182 valence electrons. The molecule has 0 amide bonds. The summed E-state index contributed by atoms with van der Waals surface area (Å²) < 4.78 is 28.6. The summed E-state index contributed by atoms with van der Waals surface area (Å²) >= 11 is 0. The van der Waals surface area contributed by atoms with Crippen molar-refractivity contribution < 1.29 is 23.7 Å². The van der Waals surface area contributed by atoms with Crippen LogP contribution in [0.15, 0.2) is 59.4 Å². The highest BCUT2D eigenvalue weighted by Crippen LogP contribution is 2.40. The van der Waals surface area contributed by atoms with Crippen LogP contribution in [0.1, 0.15) is 5.56 Å². The number of nitrogens with one attached hydrogen (secondary N) is 1. The Kier molecular flexibility index (Phi) is 6.96. The molecule has 1 N–H and O–H groups in total. The molecule has 1 aromatic heterocycles. The van der Waals surface area contributed by atoms with E-state index in [4.69, 9.17) is 28.7 Å². The van der Waals surface area contributed by atoms with Crippen molar-refractivity contribution in [3.05, 3.63) is 70.5 Å². The Morgan fingerprint density at radius 1 is 0.771 bits per heavy atom. The number of fused-ring (bicyclic) bond motifs is 1. The molecule has 9 nitrogen and oxygen atoms in total. The van der Waals surface area contributed by atoms with E-state index < -0.39 is 0 Å². The minimum absolute atomic E-state index is 0.236. The molecule has 3 aromatic carbocycles. The van der Waals surface area contributed by atoms with Crippen molar-refractivity contribution in [1.82, 2.24) is 9.66 Å². The summed E-state index contributed by atoms with van der Waals surface area (Å²) in [7, 11) is 7.78. The Labute approximate surface area is 202 Å². The largest absolute Gasteiger partial charge is 0.493 e.